The normalized spacial score (nSPS) is 15.3. The third kappa shape index (κ3) is 7.17. The number of hydrogen-bond donors (Lipinski definition) is 3. The molecule has 0 aliphatic carbocycles. The lowest BCUT2D eigenvalue weighted by Crippen LogP contribution is -2.36. The number of methoxy groups -OCH3 is 1. The Balaban J connectivity index is 2.84. The minimum absolute atomic E-state index is 0.0177. The van der Waals surface area contributed by atoms with Gasteiger partial charge < -0.3 is 30.4 Å². The molecule has 0 aliphatic heterocycles. The number of aliphatic hydroxyl groups is 1. The Bertz CT molecular complexity index is 701. The van der Waals surface area contributed by atoms with Gasteiger partial charge >= 0.3 is 11.7 Å². The molecule has 0 radical (unpaired) electrons. The van der Waals surface area contributed by atoms with E-state index in [0.29, 0.717) is 0 Å². The molecule has 0 aliphatic rings. The van der Waals surface area contributed by atoms with Crippen molar-refractivity contribution in [1.82, 2.24) is 14.9 Å². The van der Waals surface area contributed by atoms with E-state index in [-0.39, 0.29) is 31.2 Å². The molecule has 146 valence electrons. The molecular formula is C15H24N4O7. The Labute approximate surface area is 152 Å². The van der Waals surface area contributed by atoms with Gasteiger partial charge in [0, 0.05) is 26.7 Å². The second-order valence-corrected chi connectivity index (χ2v) is 5.13. The summed E-state index contributed by atoms with van der Waals surface area (Å²) < 4.78 is 30.4. The molecule has 1 aromatic rings. The maximum atomic E-state index is 12.1. The molecule has 1 amide bonds. The second-order valence-electron chi connectivity index (χ2n) is 5.13. The molecule has 11 nitrogen and oxygen atoms in total. The van der Waals surface area contributed by atoms with Crippen LogP contribution in [0.4, 0.5) is 5.82 Å². The van der Waals surface area contributed by atoms with E-state index < -0.39 is 44.3 Å². The summed E-state index contributed by atoms with van der Waals surface area (Å²) in [5.74, 6) is -1.04. The number of nitrogens with zero attached hydrogens (tertiary/aromatic N) is 2. The molecule has 0 spiro atoms. The van der Waals surface area contributed by atoms with Crippen molar-refractivity contribution < 1.29 is 31.6 Å². The zero-order valence-corrected chi connectivity index (χ0v) is 14.3. The minimum atomic E-state index is -1.58. The smallest absolute Gasteiger partial charge is 0.351 e. The van der Waals surface area contributed by atoms with E-state index in [1.807, 2.05) is 0 Å². The summed E-state index contributed by atoms with van der Waals surface area (Å²) >= 11 is 0. The molecule has 0 fully saturated rings. The van der Waals surface area contributed by atoms with Crippen LogP contribution in [0.3, 0.4) is 0 Å². The van der Waals surface area contributed by atoms with Crippen molar-refractivity contribution in [3.8, 4) is 0 Å². The van der Waals surface area contributed by atoms with Gasteiger partial charge in [0.25, 0.3) is 0 Å². The van der Waals surface area contributed by atoms with Gasteiger partial charge in [-0.15, -0.1) is 0 Å². The minimum Gasteiger partial charge on any atom is -0.461 e. The number of anilines is 1. The number of hydrogen-bond acceptors (Lipinski definition) is 9. The average Bonchev–Trinajstić information content (AvgIpc) is 2.65. The Hall–Kier alpha value is -2.50. The quantitative estimate of drug-likeness (QED) is 0.388. The lowest BCUT2D eigenvalue weighted by molar-refractivity contribution is -0.160. The van der Waals surface area contributed by atoms with Crippen molar-refractivity contribution in [2.24, 2.45) is 0 Å². The van der Waals surface area contributed by atoms with Gasteiger partial charge in [0.1, 0.15) is 18.5 Å². The molecule has 3 atom stereocenters. The number of rotatable bonds is 11. The van der Waals surface area contributed by atoms with Crippen molar-refractivity contribution in [1.29, 1.82) is 0 Å². The number of carbonyl (C=O) groups is 2. The largest absolute Gasteiger partial charge is 0.461 e. The van der Waals surface area contributed by atoms with Gasteiger partial charge in [-0.05, 0) is 6.07 Å². The number of carbonyl (C=O) groups excluding carboxylic acids is 2. The molecule has 26 heavy (non-hydrogen) atoms. The average molecular weight is 375 g/mol. The number of amides is 1. The van der Waals surface area contributed by atoms with Crippen LogP contribution in [0.15, 0.2) is 17.1 Å². The third-order valence-electron chi connectivity index (χ3n) is 3.22. The Morgan fingerprint density at radius 3 is 2.92 bits per heavy atom. The fourth-order valence-corrected chi connectivity index (χ4v) is 1.87. The fourth-order valence-electron chi connectivity index (χ4n) is 1.87. The first-order chi connectivity index (χ1) is 13.3. The Morgan fingerprint density at radius 1 is 1.54 bits per heavy atom. The highest BCUT2D eigenvalue weighted by molar-refractivity contribution is 5.80. The number of nitrogens with two attached hydrogens (primary N) is 1. The highest BCUT2D eigenvalue weighted by Crippen LogP contribution is 2.12. The summed E-state index contributed by atoms with van der Waals surface area (Å²) in [7, 11) is -0.146. The molecule has 1 aromatic heterocycles. The molecular weight excluding hydrogens is 348 g/mol. The summed E-state index contributed by atoms with van der Waals surface area (Å²) in [6.07, 6.45) is -1.14. The molecule has 0 aromatic carbocycles. The maximum Gasteiger partial charge on any atom is 0.351 e. The van der Waals surface area contributed by atoms with E-state index in [9.17, 15) is 19.5 Å². The summed E-state index contributed by atoms with van der Waals surface area (Å²) in [4.78, 5) is 38.6. The van der Waals surface area contributed by atoms with E-state index >= 15 is 0 Å². The fraction of sp³-hybridized carbons (Fsp3) is 0.600. The summed E-state index contributed by atoms with van der Waals surface area (Å²) in [6, 6.07) is 1.33. The third-order valence-corrected chi connectivity index (χ3v) is 3.22. The van der Waals surface area contributed by atoms with Crippen LogP contribution in [-0.2, 0) is 23.8 Å². The first kappa shape index (κ1) is 18.3. The first-order valence-corrected chi connectivity index (χ1v) is 7.70. The summed E-state index contributed by atoms with van der Waals surface area (Å²) in [5.41, 5.74) is 4.67. The van der Waals surface area contributed by atoms with Crippen LogP contribution < -0.4 is 16.7 Å². The SMILES string of the molecule is [2H]C([3H])OCC(CO)OC(COC(=O)CCC(=O)NC)n1ccc(N)nc1=O. The molecule has 0 bridgehead atoms. The number of nitrogens with one attached hydrogen (secondary N) is 1. The van der Waals surface area contributed by atoms with Crippen LogP contribution in [0, 0.1) is 0 Å². The molecule has 4 N–H and O–H groups in total. The van der Waals surface area contributed by atoms with Gasteiger partial charge in [0.05, 0.1) is 22.4 Å². The van der Waals surface area contributed by atoms with E-state index in [1.165, 1.54) is 19.3 Å². The molecule has 0 saturated carbocycles. The van der Waals surface area contributed by atoms with Crippen LogP contribution in [0.2, 0.25) is 0 Å². The lowest BCUT2D eigenvalue weighted by Gasteiger charge is -2.24. The van der Waals surface area contributed by atoms with Gasteiger partial charge in [0.15, 0.2) is 6.23 Å². The van der Waals surface area contributed by atoms with Crippen molar-refractivity contribution in [2.75, 3.05) is 39.7 Å². The van der Waals surface area contributed by atoms with E-state index in [2.05, 4.69) is 10.3 Å². The number of aromatic nitrogens is 2. The molecule has 3 unspecified atom stereocenters. The number of ether oxygens (including phenoxy) is 3. The Morgan fingerprint density at radius 2 is 2.31 bits per heavy atom. The zero-order chi connectivity index (χ0) is 21.1. The molecule has 11 heteroatoms. The monoisotopic (exact) mass is 375 g/mol. The van der Waals surface area contributed by atoms with Crippen molar-refractivity contribution >= 4 is 17.7 Å². The van der Waals surface area contributed by atoms with Crippen LogP contribution in [-0.4, -0.2) is 66.6 Å². The first-order valence-electron chi connectivity index (χ1n) is 8.85. The molecule has 1 rings (SSSR count). The molecule has 0 saturated heterocycles. The van der Waals surface area contributed by atoms with Crippen molar-refractivity contribution in [3.63, 3.8) is 0 Å². The summed E-state index contributed by atoms with van der Waals surface area (Å²) in [6.45, 7) is -1.25. The summed E-state index contributed by atoms with van der Waals surface area (Å²) in [5, 5.41) is 11.8. The van der Waals surface area contributed by atoms with Gasteiger partial charge in [-0.25, -0.2) is 4.79 Å². The van der Waals surface area contributed by atoms with Gasteiger partial charge in [-0.1, -0.05) is 0 Å². The van der Waals surface area contributed by atoms with Gasteiger partial charge in [0.2, 0.25) is 5.91 Å². The van der Waals surface area contributed by atoms with E-state index in [1.54, 1.807) is 0 Å². The second kappa shape index (κ2) is 11.2. The van der Waals surface area contributed by atoms with Crippen LogP contribution in [0.5, 0.6) is 0 Å². The topological polar surface area (TPSA) is 155 Å². The van der Waals surface area contributed by atoms with Gasteiger partial charge in [-0.3, -0.25) is 14.2 Å². The maximum absolute atomic E-state index is 12.1. The zero-order valence-electron chi connectivity index (χ0n) is 16.3. The predicted molar refractivity (Wildman–Crippen MR) is 90.0 cm³/mol. The Kier molecular flexibility index (Phi) is 7.87. The number of nitrogen functional groups attached to an aromatic ring is 1. The standard InChI is InChI=1S/C15H24N4O7/c1-17-12(21)3-4-14(22)25-9-13(26-10(7-20)8-24-2)19-6-5-11(16)18-15(19)23/h5-6,10,13,20H,3-4,7-9H2,1-2H3,(H,17,21)(H2,16,18,23)/i2TD. The van der Waals surface area contributed by atoms with Gasteiger partial charge in [-0.2, -0.15) is 4.98 Å². The highest BCUT2D eigenvalue weighted by atomic mass is 16.6. The molecule has 1 heterocycles. The number of aliphatic hydroxyl groups excluding tert-OH is 1. The van der Waals surface area contributed by atoms with Crippen molar-refractivity contribution in [3.05, 3.63) is 22.7 Å². The number of esters is 1. The van der Waals surface area contributed by atoms with Crippen LogP contribution in [0.1, 0.15) is 21.8 Å². The lowest BCUT2D eigenvalue weighted by atomic mass is 10.3. The van der Waals surface area contributed by atoms with Crippen LogP contribution >= 0.6 is 0 Å². The van der Waals surface area contributed by atoms with E-state index in [4.69, 9.17) is 22.7 Å². The van der Waals surface area contributed by atoms with Crippen molar-refractivity contribution in [2.45, 2.75) is 25.2 Å². The van der Waals surface area contributed by atoms with Crippen LogP contribution in [0.25, 0.3) is 0 Å². The predicted octanol–water partition coefficient (Wildman–Crippen LogP) is -1.58. The highest BCUT2D eigenvalue weighted by Gasteiger charge is 2.21. The van der Waals surface area contributed by atoms with E-state index in [0.717, 1.165) is 4.57 Å².